The molecule has 1 aliphatic rings. The molecule has 0 fully saturated rings. The number of hydrogen-bond acceptors (Lipinski definition) is 7. The van der Waals surface area contributed by atoms with Crippen molar-refractivity contribution < 1.29 is 14.3 Å². The smallest absolute Gasteiger partial charge is 0.232 e. The lowest BCUT2D eigenvalue weighted by atomic mass is 10.2. The van der Waals surface area contributed by atoms with Crippen LogP contribution in [-0.4, -0.2) is 52.8 Å². The lowest BCUT2D eigenvalue weighted by Crippen LogP contribution is -2.42. The predicted molar refractivity (Wildman–Crippen MR) is 112 cm³/mol. The van der Waals surface area contributed by atoms with E-state index in [2.05, 4.69) is 23.0 Å². The number of fused-ring (bicyclic) bond motifs is 2. The number of carbonyl (C=O) groups excluding carboxylic acids is 1. The first-order valence-corrected chi connectivity index (χ1v) is 10.9. The molecule has 0 radical (unpaired) electrons. The van der Waals surface area contributed by atoms with Crippen LogP contribution in [0.2, 0.25) is 0 Å². The van der Waals surface area contributed by atoms with Crippen LogP contribution in [0.5, 0.6) is 11.5 Å². The Morgan fingerprint density at radius 2 is 2.14 bits per heavy atom. The van der Waals surface area contributed by atoms with Gasteiger partial charge in [0.1, 0.15) is 22.8 Å². The molecule has 1 aromatic carbocycles. The number of aromatic nitrogens is 2. The molecule has 146 valence electrons. The Balaban J connectivity index is 1.35. The van der Waals surface area contributed by atoms with E-state index >= 15 is 0 Å². The highest BCUT2D eigenvalue weighted by Gasteiger charge is 2.24. The van der Waals surface area contributed by atoms with Crippen molar-refractivity contribution in [1.82, 2.24) is 14.9 Å². The third kappa shape index (κ3) is 4.07. The Kier molecular flexibility index (Phi) is 5.68. The van der Waals surface area contributed by atoms with Gasteiger partial charge in [-0.1, -0.05) is 30.8 Å². The van der Waals surface area contributed by atoms with Crippen molar-refractivity contribution in [3.8, 4) is 11.5 Å². The number of aryl methyl sites for hydroxylation is 1. The monoisotopic (exact) mass is 415 g/mol. The largest absolute Gasteiger partial charge is 0.486 e. The average molecular weight is 416 g/mol. The van der Waals surface area contributed by atoms with Gasteiger partial charge < -0.3 is 14.4 Å². The Hall–Kier alpha value is -2.32. The van der Waals surface area contributed by atoms with Gasteiger partial charge in [0.15, 0.2) is 17.6 Å². The molecular formula is C20H21N3O3S2. The summed E-state index contributed by atoms with van der Waals surface area (Å²) in [5, 5.41) is 1.89. The Morgan fingerprint density at radius 3 is 2.96 bits per heavy atom. The van der Waals surface area contributed by atoms with E-state index in [0.717, 1.165) is 33.2 Å². The summed E-state index contributed by atoms with van der Waals surface area (Å²) in [6, 6.07) is 9.71. The van der Waals surface area contributed by atoms with E-state index in [4.69, 9.17) is 9.47 Å². The highest BCUT2D eigenvalue weighted by molar-refractivity contribution is 8.00. The van der Waals surface area contributed by atoms with Crippen molar-refractivity contribution in [1.29, 1.82) is 0 Å². The second-order valence-corrected chi connectivity index (χ2v) is 8.60. The van der Waals surface area contributed by atoms with Crippen LogP contribution >= 0.6 is 23.1 Å². The fourth-order valence-corrected chi connectivity index (χ4v) is 4.89. The number of rotatable bonds is 6. The van der Waals surface area contributed by atoms with Gasteiger partial charge in [-0.05, 0) is 24.6 Å². The molecule has 2 aromatic heterocycles. The van der Waals surface area contributed by atoms with Crippen LogP contribution in [-0.2, 0) is 11.2 Å². The van der Waals surface area contributed by atoms with Crippen LogP contribution in [0, 0.1) is 0 Å². The van der Waals surface area contributed by atoms with Crippen LogP contribution in [0.4, 0.5) is 0 Å². The lowest BCUT2D eigenvalue weighted by Gasteiger charge is -2.29. The average Bonchev–Trinajstić information content (AvgIpc) is 3.16. The van der Waals surface area contributed by atoms with Gasteiger partial charge in [-0.3, -0.25) is 4.79 Å². The number of hydrogen-bond donors (Lipinski definition) is 0. The van der Waals surface area contributed by atoms with Gasteiger partial charge in [0, 0.05) is 17.3 Å². The summed E-state index contributed by atoms with van der Waals surface area (Å²) in [6.45, 7) is 3.03. The highest BCUT2D eigenvalue weighted by Crippen LogP contribution is 2.32. The molecule has 4 rings (SSSR count). The fraction of sp³-hybridized carbons (Fsp3) is 0.350. The molecule has 28 heavy (non-hydrogen) atoms. The highest BCUT2D eigenvalue weighted by atomic mass is 32.2. The summed E-state index contributed by atoms with van der Waals surface area (Å²) in [5.41, 5.74) is 0. The second kappa shape index (κ2) is 8.36. The molecule has 0 saturated carbocycles. The van der Waals surface area contributed by atoms with Crippen molar-refractivity contribution in [3.63, 3.8) is 0 Å². The molecule has 0 bridgehead atoms. The van der Waals surface area contributed by atoms with Crippen LogP contribution in [0.15, 0.2) is 41.7 Å². The number of thiophene rings is 1. The molecular weight excluding hydrogens is 394 g/mol. The van der Waals surface area contributed by atoms with Gasteiger partial charge in [0.2, 0.25) is 5.91 Å². The number of likely N-dealkylation sites (N-methyl/N-ethyl adjacent to an activating group) is 1. The molecule has 8 heteroatoms. The van der Waals surface area contributed by atoms with Gasteiger partial charge in [0.05, 0.1) is 12.3 Å². The van der Waals surface area contributed by atoms with E-state index in [0.29, 0.717) is 18.9 Å². The first-order chi connectivity index (χ1) is 13.6. The lowest BCUT2D eigenvalue weighted by molar-refractivity contribution is -0.128. The van der Waals surface area contributed by atoms with Crippen LogP contribution in [0.3, 0.4) is 0 Å². The van der Waals surface area contributed by atoms with E-state index in [-0.39, 0.29) is 12.0 Å². The molecule has 1 atom stereocenters. The molecule has 0 saturated heterocycles. The van der Waals surface area contributed by atoms with Crippen LogP contribution in [0.25, 0.3) is 10.2 Å². The zero-order valence-electron chi connectivity index (χ0n) is 15.8. The maximum Gasteiger partial charge on any atom is 0.232 e. The van der Waals surface area contributed by atoms with Gasteiger partial charge in [0.25, 0.3) is 0 Å². The minimum Gasteiger partial charge on any atom is -0.486 e. The van der Waals surface area contributed by atoms with Crippen molar-refractivity contribution in [2.45, 2.75) is 24.5 Å². The van der Waals surface area contributed by atoms with Crippen LogP contribution < -0.4 is 9.47 Å². The number of ether oxygens (including phenoxy) is 2. The van der Waals surface area contributed by atoms with E-state index in [1.54, 1.807) is 29.6 Å². The summed E-state index contributed by atoms with van der Waals surface area (Å²) in [4.78, 5) is 25.2. The second-order valence-electron chi connectivity index (χ2n) is 6.52. The first kappa shape index (κ1) is 19.0. The van der Waals surface area contributed by atoms with Crippen molar-refractivity contribution in [2.75, 3.05) is 26.0 Å². The molecule has 0 spiro atoms. The molecule has 1 amide bonds. The number of para-hydroxylation sites is 2. The zero-order valence-corrected chi connectivity index (χ0v) is 17.4. The first-order valence-electron chi connectivity index (χ1n) is 9.12. The maximum absolute atomic E-state index is 12.6. The topological polar surface area (TPSA) is 64.6 Å². The van der Waals surface area contributed by atoms with Crippen molar-refractivity contribution in [2.24, 2.45) is 0 Å². The van der Waals surface area contributed by atoms with E-state index in [1.165, 1.54) is 16.6 Å². The maximum atomic E-state index is 12.6. The third-order valence-corrected chi connectivity index (χ3v) is 6.67. The zero-order chi connectivity index (χ0) is 19.5. The molecule has 3 aromatic rings. The Morgan fingerprint density at radius 1 is 1.32 bits per heavy atom. The normalized spacial score (nSPS) is 15.6. The van der Waals surface area contributed by atoms with Gasteiger partial charge in [-0.2, -0.15) is 0 Å². The number of thioether (sulfide) groups is 1. The predicted octanol–water partition coefficient (Wildman–Crippen LogP) is 3.64. The molecule has 1 aliphatic heterocycles. The molecule has 6 nitrogen and oxygen atoms in total. The third-order valence-electron chi connectivity index (χ3n) is 4.50. The van der Waals surface area contributed by atoms with Crippen molar-refractivity contribution >= 4 is 39.2 Å². The summed E-state index contributed by atoms with van der Waals surface area (Å²) in [7, 11) is 1.79. The minimum atomic E-state index is -0.177. The number of carbonyl (C=O) groups is 1. The van der Waals surface area contributed by atoms with E-state index in [9.17, 15) is 4.79 Å². The number of benzene rings is 1. The van der Waals surface area contributed by atoms with Crippen molar-refractivity contribution in [3.05, 3.63) is 41.5 Å². The van der Waals surface area contributed by atoms with E-state index in [1.807, 2.05) is 24.3 Å². The van der Waals surface area contributed by atoms with Crippen LogP contribution in [0.1, 0.15) is 11.8 Å². The number of nitrogens with zero attached hydrogens (tertiary/aromatic N) is 3. The molecule has 3 heterocycles. The van der Waals surface area contributed by atoms with E-state index < -0.39 is 0 Å². The quantitative estimate of drug-likeness (QED) is 0.452. The Bertz CT molecular complexity index is 992. The summed E-state index contributed by atoms with van der Waals surface area (Å²) >= 11 is 3.13. The minimum absolute atomic E-state index is 0.0326. The molecule has 0 unspecified atom stereocenters. The Labute approximate surface area is 171 Å². The summed E-state index contributed by atoms with van der Waals surface area (Å²) < 4.78 is 11.7. The van der Waals surface area contributed by atoms with Gasteiger partial charge >= 0.3 is 0 Å². The van der Waals surface area contributed by atoms with Gasteiger partial charge in [-0.15, -0.1) is 11.3 Å². The summed E-state index contributed by atoms with van der Waals surface area (Å²) in [6.07, 6.45) is 2.36. The molecule has 0 N–H and O–H groups in total. The standard InChI is InChI=1S/C20H21N3O3S2/c1-3-14-8-15-19(21-12-22-20(15)28-14)27-11-18(24)23(2)9-13-10-25-16-6-4-5-7-17(16)26-13/h4-8,12-13H,3,9-11H2,1-2H3/t13-/m1/s1. The number of amides is 1. The summed E-state index contributed by atoms with van der Waals surface area (Å²) in [5.74, 6) is 1.83. The molecule has 0 aliphatic carbocycles. The SMILES string of the molecule is CCc1cc2c(SCC(=O)N(C)C[C@@H]3COc4ccccc4O3)ncnc2s1. The van der Waals surface area contributed by atoms with Gasteiger partial charge in [-0.25, -0.2) is 9.97 Å². The fourth-order valence-electron chi connectivity index (χ4n) is 2.97.